The summed E-state index contributed by atoms with van der Waals surface area (Å²) in [6.45, 7) is 6.38. The smallest absolute Gasteiger partial charge is 0.410 e. The molecule has 30 heavy (non-hydrogen) atoms. The lowest BCUT2D eigenvalue weighted by atomic mass is 10.1. The number of carbonyl (C=O) groups is 1. The predicted molar refractivity (Wildman–Crippen MR) is 111 cm³/mol. The summed E-state index contributed by atoms with van der Waals surface area (Å²) in [5.41, 5.74) is 4.19. The van der Waals surface area contributed by atoms with Crippen LogP contribution in [-0.2, 0) is 17.8 Å². The third-order valence-electron chi connectivity index (χ3n) is 6.15. The molecule has 3 aliphatic heterocycles. The number of hydrogen-bond acceptors (Lipinski definition) is 7. The van der Waals surface area contributed by atoms with Gasteiger partial charge in [0, 0.05) is 36.7 Å². The number of amides is 1. The Hall–Kier alpha value is -3.36. The van der Waals surface area contributed by atoms with E-state index >= 15 is 0 Å². The summed E-state index contributed by atoms with van der Waals surface area (Å²) in [4.78, 5) is 28.2. The van der Waals surface area contributed by atoms with E-state index in [1.54, 1.807) is 11.1 Å². The molecule has 9 heteroatoms. The van der Waals surface area contributed by atoms with Crippen LogP contribution < -0.4 is 9.80 Å². The van der Waals surface area contributed by atoms with Crippen LogP contribution in [0.5, 0.6) is 0 Å². The van der Waals surface area contributed by atoms with Gasteiger partial charge in [-0.15, -0.1) is 0 Å². The van der Waals surface area contributed by atoms with Gasteiger partial charge in [-0.05, 0) is 31.5 Å². The van der Waals surface area contributed by atoms with E-state index in [4.69, 9.17) is 4.74 Å². The first kappa shape index (κ1) is 17.5. The maximum Gasteiger partial charge on any atom is 0.410 e. The number of aryl methyl sites for hydroxylation is 1. The Morgan fingerprint density at radius 3 is 2.80 bits per heavy atom. The van der Waals surface area contributed by atoms with Crippen molar-refractivity contribution in [2.24, 2.45) is 0 Å². The number of rotatable bonds is 3. The fourth-order valence-corrected chi connectivity index (χ4v) is 4.32. The quantitative estimate of drug-likeness (QED) is 0.659. The van der Waals surface area contributed by atoms with Gasteiger partial charge in [0.15, 0.2) is 0 Å². The summed E-state index contributed by atoms with van der Waals surface area (Å²) in [5.74, 6) is 1.75. The average Bonchev–Trinajstić information content (AvgIpc) is 3.28. The summed E-state index contributed by atoms with van der Waals surface area (Å²) in [6, 6.07) is 6.11. The SMILES string of the molecule is Cc1nc2c(c(N3CCC3)n1)CN(C(=O)OC1CN(c3ccn4nccc4c3)C1)C2. The highest BCUT2D eigenvalue weighted by atomic mass is 16.6. The van der Waals surface area contributed by atoms with Crippen molar-refractivity contribution in [3.05, 3.63) is 47.7 Å². The van der Waals surface area contributed by atoms with E-state index < -0.39 is 0 Å². The minimum absolute atomic E-state index is 0.0926. The molecule has 2 fully saturated rings. The minimum Gasteiger partial charge on any atom is -0.442 e. The zero-order valence-corrected chi connectivity index (χ0v) is 16.9. The highest BCUT2D eigenvalue weighted by Crippen LogP contribution is 2.32. The van der Waals surface area contributed by atoms with Gasteiger partial charge in [-0.25, -0.2) is 19.3 Å². The van der Waals surface area contributed by atoms with E-state index in [0.29, 0.717) is 26.2 Å². The molecule has 3 aliphatic rings. The molecule has 3 aromatic rings. The number of aromatic nitrogens is 4. The molecule has 2 saturated heterocycles. The Kier molecular flexibility index (Phi) is 3.84. The van der Waals surface area contributed by atoms with Crippen molar-refractivity contribution in [1.82, 2.24) is 24.5 Å². The van der Waals surface area contributed by atoms with Crippen LogP contribution in [0.15, 0.2) is 30.6 Å². The molecule has 0 bridgehead atoms. The number of nitrogens with zero attached hydrogens (tertiary/aromatic N) is 7. The van der Waals surface area contributed by atoms with Gasteiger partial charge >= 0.3 is 6.09 Å². The Morgan fingerprint density at radius 2 is 2.00 bits per heavy atom. The fraction of sp³-hybridized carbons (Fsp3) is 0.429. The van der Waals surface area contributed by atoms with Crippen LogP contribution >= 0.6 is 0 Å². The minimum atomic E-state index is -0.267. The molecule has 0 atom stereocenters. The van der Waals surface area contributed by atoms with Crippen molar-refractivity contribution < 1.29 is 9.53 Å². The first-order valence-corrected chi connectivity index (χ1v) is 10.4. The largest absolute Gasteiger partial charge is 0.442 e. The molecular formula is C21H23N7O2. The Morgan fingerprint density at radius 1 is 1.13 bits per heavy atom. The molecular weight excluding hydrogens is 382 g/mol. The maximum atomic E-state index is 12.8. The monoisotopic (exact) mass is 405 g/mol. The number of pyridine rings is 1. The second-order valence-electron chi connectivity index (χ2n) is 8.21. The number of anilines is 2. The van der Waals surface area contributed by atoms with Crippen LogP contribution in [0.1, 0.15) is 23.5 Å². The lowest BCUT2D eigenvalue weighted by Gasteiger charge is -2.40. The third kappa shape index (κ3) is 2.84. The second-order valence-corrected chi connectivity index (χ2v) is 8.21. The van der Waals surface area contributed by atoms with Gasteiger partial charge in [0.2, 0.25) is 0 Å². The summed E-state index contributed by atoms with van der Waals surface area (Å²) in [5, 5.41) is 4.22. The van der Waals surface area contributed by atoms with E-state index in [1.165, 1.54) is 6.42 Å². The van der Waals surface area contributed by atoms with Gasteiger partial charge in [-0.1, -0.05) is 0 Å². The molecule has 3 aromatic heterocycles. The van der Waals surface area contributed by atoms with Gasteiger partial charge in [0.25, 0.3) is 0 Å². The summed E-state index contributed by atoms with van der Waals surface area (Å²) < 4.78 is 7.60. The predicted octanol–water partition coefficient (Wildman–Crippen LogP) is 1.98. The van der Waals surface area contributed by atoms with E-state index in [2.05, 4.69) is 30.9 Å². The average molecular weight is 405 g/mol. The molecule has 154 valence electrons. The van der Waals surface area contributed by atoms with Crippen LogP contribution in [0.2, 0.25) is 0 Å². The van der Waals surface area contributed by atoms with Gasteiger partial charge in [0.05, 0.1) is 37.4 Å². The zero-order chi connectivity index (χ0) is 20.2. The molecule has 0 radical (unpaired) electrons. The fourth-order valence-electron chi connectivity index (χ4n) is 4.32. The molecule has 6 rings (SSSR count). The Labute approximate surface area is 173 Å². The Balaban J connectivity index is 1.09. The van der Waals surface area contributed by atoms with Gasteiger partial charge in [0.1, 0.15) is 17.7 Å². The van der Waals surface area contributed by atoms with Gasteiger partial charge in [-0.3, -0.25) is 4.90 Å². The summed E-state index contributed by atoms with van der Waals surface area (Å²) in [7, 11) is 0. The molecule has 0 unspecified atom stereocenters. The molecule has 9 nitrogen and oxygen atoms in total. The number of ether oxygens (including phenoxy) is 1. The maximum absolute atomic E-state index is 12.8. The number of hydrogen-bond donors (Lipinski definition) is 0. The van der Waals surface area contributed by atoms with Crippen molar-refractivity contribution >= 4 is 23.1 Å². The van der Waals surface area contributed by atoms with E-state index in [-0.39, 0.29) is 12.2 Å². The molecule has 0 aromatic carbocycles. The van der Waals surface area contributed by atoms with Gasteiger partial charge in [-0.2, -0.15) is 5.10 Å². The van der Waals surface area contributed by atoms with Gasteiger partial charge < -0.3 is 14.5 Å². The van der Waals surface area contributed by atoms with Crippen LogP contribution in [0.3, 0.4) is 0 Å². The van der Waals surface area contributed by atoms with E-state index in [9.17, 15) is 4.79 Å². The van der Waals surface area contributed by atoms with Crippen LogP contribution in [0, 0.1) is 6.92 Å². The Bertz CT molecular complexity index is 1130. The lowest BCUT2D eigenvalue weighted by Crippen LogP contribution is -2.54. The highest BCUT2D eigenvalue weighted by Gasteiger charge is 2.35. The first-order chi connectivity index (χ1) is 14.6. The van der Waals surface area contributed by atoms with E-state index in [1.807, 2.05) is 29.8 Å². The third-order valence-corrected chi connectivity index (χ3v) is 6.15. The molecule has 0 aliphatic carbocycles. The van der Waals surface area contributed by atoms with Crippen molar-refractivity contribution in [2.75, 3.05) is 36.0 Å². The standard InChI is InChI=1S/C21H23N7O2/c1-14-23-19-13-27(12-18(19)20(24-14)25-6-2-7-25)21(29)30-17-10-26(11-17)15-4-8-28-16(9-15)3-5-22-28/h3-5,8-9,17H,2,6-7,10-13H2,1H3. The van der Waals surface area contributed by atoms with Crippen molar-refractivity contribution in [1.29, 1.82) is 0 Å². The topological polar surface area (TPSA) is 79.1 Å². The van der Waals surface area contributed by atoms with Crippen molar-refractivity contribution in [3.63, 3.8) is 0 Å². The van der Waals surface area contributed by atoms with Crippen molar-refractivity contribution in [2.45, 2.75) is 32.5 Å². The van der Waals surface area contributed by atoms with E-state index in [0.717, 1.165) is 47.2 Å². The normalized spacial score (nSPS) is 18.4. The molecule has 1 amide bonds. The second kappa shape index (κ2) is 6.58. The number of fused-ring (bicyclic) bond motifs is 2. The van der Waals surface area contributed by atoms with Crippen LogP contribution in [-0.4, -0.2) is 62.9 Å². The molecule has 0 N–H and O–H groups in total. The number of carbonyl (C=O) groups excluding carboxylic acids is 1. The van der Waals surface area contributed by atoms with Crippen LogP contribution in [0.25, 0.3) is 5.52 Å². The lowest BCUT2D eigenvalue weighted by molar-refractivity contribution is 0.0491. The van der Waals surface area contributed by atoms with Crippen LogP contribution in [0.4, 0.5) is 16.3 Å². The molecule has 0 saturated carbocycles. The van der Waals surface area contributed by atoms with Crippen molar-refractivity contribution in [3.8, 4) is 0 Å². The first-order valence-electron chi connectivity index (χ1n) is 10.4. The highest BCUT2D eigenvalue weighted by molar-refractivity contribution is 5.70. The summed E-state index contributed by atoms with van der Waals surface area (Å²) in [6.07, 6.45) is 4.56. The zero-order valence-electron chi connectivity index (χ0n) is 16.9. The molecule has 6 heterocycles. The summed E-state index contributed by atoms with van der Waals surface area (Å²) >= 11 is 0. The molecule has 0 spiro atoms.